The Balaban J connectivity index is 2.26. The highest BCUT2D eigenvalue weighted by Crippen LogP contribution is 2.60. The molecule has 0 radical (unpaired) electrons. The maximum Gasteiger partial charge on any atom is 0.399 e. The SMILES string of the molecule is CS(=O)(=O)N(Cc1ccc(C(F)(F)P(=O)(O)O)cc1)Cc1ccc(C(F)(F)P(=O)(O)O)cc1. The van der Waals surface area contributed by atoms with Crippen LogP contribution in [-0.4, -0.2) is 38.6 Å². The topological polar surface area (TPSA) is 152 Å². The molecule has 0 heterocycles. The third-order valence-corrected chi connectivity index (χ3v) is 7.70. The molecule has 4 N–H and O–H groups in total. The molecule has 2 aromatic carbocycles. The summed E-state index contributed by atoms with van der Waals surface area (Å²) in [5.74, 6) is 0. The van der Waals surface area contributed by atoms with E-state index in [2.05, 4.69) is 0 Å². The Bertz CT molecular complexity index is 1120. The van der Waals surface area contributed by atoms with Gasteiger partial charge in [0, 0.05) is 24.2 Å². The predicted octanol–water partition coefficient (Wildman–Crippen LogP) is 3.10. The monoisotopic (exact) mass is 535 g/mol. The zero-order valence-corrected chi connectivity index (χ0v) is 19.3. The van der Waals surface area contributed by atoms with E-state index in [1.54, 1.807) is 0 Å². The highest BCUT2D eigenvalue weighted by atomic mass is 32.2. The lowest BCUT2D eigenvalue weighted by Gasteiger charge is -2.22. The summed E-state index contributed by atoms with van der Waals surface area (Å²) in [5.41, 5.74) is -10.4. The van der Waals surface area contributed by atoms with E-state index in [4.69, 9.17) is 19.6 Å². The van der Waals surface area contributed by atoms with E-state index in [0.717, 1.165) is 59.1 Å². The van der Waals surface area contributed by atoms with E-state index in [0.29, 0.717) is 0 Å². The van der Waals surface area contributed by atoms with Gasteiger partial charge in [-0.15, -0.1) is 0 Å². The molecule has 9 nitrogen and oxygen atoms in total. The summed E-state index contributed by atoms with van der Waals surface area (Å²) in [5, 5.41) is 0. The van der Waals surface area contributed by atoms with Gasteiger partial charge in [0.25, 0.3) is 0 Å². The number of nitrogens with zero attached hydrogens (tertiary/aromatic N) is 1. The van der Waals surface area contributed by atoms with Crippen molar-refractivity contribution in [3.05, 3.63) is 70.8 Å². The molecular formula is C17H19F4NO8P2S. The van der Waals surface area contributed by atoms with Gasteiger partial charge in [0.2, 0.25) is 10.0 Å². The smallest absolute Gasteiger partial charge is 0.320 e. The van der Waals surface area contributed by atoms with E-state index in [1.165, 1.54) is 0 Å². The maximum atomic E-state index is 13.8. The van der Waals surface area contributed by atoms with Crippen molar-refractivity contribution >= 4 is 25.2 Å². The van der Waals surface area contributed by atoms with Crippen LogP contribution in [0.4, 0.5) is 17.6 Å². The second kappa shape index (κ2) is 9.20. The van der Waals surface area contributed by atoms with Crippen molar-refractivity contribution in [2.45, 2.75) is 24.4 Å². The standard InChI is InChI=1S/C17H19F4NO8P2S/c1-33(29,30)22(10-12-2-6-14(7-3-12)16(18,19)31(23,24)25)11-13-4-8-15(9-5-13)17(20,21)32(26,27)28/h2-9H,10-11H2,1H3,(H2,23,24,25)(H2,26,27,28). The molecule has 2 rings (SSSR count). The van der Waals surface area contributed by atoms with Crippen LogP contribution in [0.25, 0.3) is 0 Å². The Hall–Kier alpha value is -1.63. The van der Waals surface area contributed by atoms with Crippen molar-refractivity contribution in [3.63, 3.8) is 0 Å². The summed E-state index contributed by atoms with van der Waals surface area (Å²) in [6.45, 7) is -0.692. The first-order valence-electron chi connectivity index (χ1n) is 8.77. The first-order valence-corrected chi connectivity index (χ1v) is 13.8. The van der Waals surface area contributed by atoms with E-state index < -0.39 is 47.7 Å². The molecule has 0 spiro atoms. The number of halogens is 4. The van der Waals surface area contributed by atoms with E-state index in [-0.39, 0.29) is 24.2 Å². The summed E-state index contributed by atoms with van der Waals surface area (Å²) in [4.78, 5) is 35.1. The Morgan fingerprint density at radius 2 is 1.00 bits per heavy atom. The fourth-order valence-electron chi connectivity index (χ4n) is 2.66. The Kier molecular flexibility index (Phi) is 7.70. The maximum absolute atomic E-state index is 13.8. The zero-order chi connectivity index (χ0) is 25.5. The highest BCUT2D eigenvalue weighted by Gasteiger charge is 2.51. The molecule has 33 heavy (non-hydrogen) atoms. The average Bonchev–Trinajstić information content (AvgIpc) is 2.66. The molecule has 0 saturated carbocycles. The van der Waals surface area contributed by atoms with E-state index >= 15 is 0 Å². The van der Waals surface area contributed by atoms with Gasteiger partial charge >= 0.3 is 26.5 Å². The lowest BCUT2D eigenvalue weighted by molar-refractivity contribution is 0.0564. The first kappa shape index (κ1) is 27.6. The molecule has 0 aliphatic rings. The van der Waals surface area contributed by atoms with Crippen molar-refractivity contribution < 1.29 is 54.7 Å². The third kappa shape index (κ3) is 6.28. The second-order valence-electron chi connectivity index (χ2n) is 7.10. The summed E-state index contributed by atoms with van der Waals surface area (Å²) >= 11 is 0. The quantitative estimate of drug-likeness (QED) is 0.282. The summed E-state index contributed by atoms with van der Waals surface area (Å²) in [7, 11) is -15.4. The van der Waals surface area contributed by atoms with Crippen LogP contribution < -0.4 is 0 Å². The fourth-order valence-corrected chi connectivity index (χ4v) is 4.39. The number of rotatable bonds is 9. The van der Waals surface area contributed by atoms with Crippen LogP contribution in [-0.2, 0) is 43.6 Å². The average molecular weight is 535 g/mol. The van der Waals surface area contributed by atoms with Gasteiger partial charge < -0.3 is 19.6 Å². The molecule has 0 amide bonds. The minimum absolute atomic E-state index is 0.190. The van der Waals surface area contributed by atoms with Gasteiger partial charge in [-0.2, -0.15) is 21.9 Å². The van der Waals surface area contributed by atoms with Crippen LogP contribution in [0.15, 0.2) is 48.5 Å². The van der Waals surface area contributed by atoms with Crippen LogP contribution >= 0.6 is 15.2 Å². The Labute approximate surface area is 186 Å². The first-order chi connectivity index (χ1) is 14.8. The summed E-state index contributed by atoms with van der Waals surface area (Å²) in [6.07, 6.45) is 0.847. The highest BCUT2D eigenvalue weighted by molar-refractivity contribution is 7.88. The van der Waals surface area contributed by atoms with Gasteiger partial charge in [-0.1, -0.05) is 48.5 Å². The Morgan fingerprint density at radius 1 is 0.727 bits per heavy atom. The van der Waals surface area contributed by atoms with Crippen LogP contribution in [0, 0.1) is 0 Å². The van der Waals surface area contributed by atoms with E-state index in [9.17, 15) is 35.1 Å². The molecule has 16 heteroatoms. The third-order valence-electron chi connectivity index (χ3n) is 4.52. The molecular weight excluding hydrogens is 516 g/mol. The minimum atomic E-state index is -5.77. The molecule has 0 atom stereocenters. The number of hydrogen-bond acceptors (Lipinski definition) is 4. The predicted molar refractivity (Wildman–Crippen MR) is 109 cm³/mol. The molecule has 0 unspecified atom stereocenters. The number of sulfonamides is 1. The van der Waals surface area contributed by atoms with Gasteiger partial charge in [-0.3, -0.25) is 9.13 Å². The van der Waals surface area contributed by atoms with Crippen molar-refractivity contribution in [2.24, 2.45) is 0 Å². The van der Waals surface area contributed by atoms with Gasteiger partial charge in [0.05, 0.1) is 6.26 Å². The lowest BCUT2D eigenvalue weighted by Crippen LogP contribution is -2.29. The van der Waals surface area contributed by atoms with Gasteiger partial charge in [-0.05, 0) is 11.1 Å². The number of hydrogen-bond donors (Lipinski definition) is 4. The van der Waals surface area contributed by atoms with Crippen LogP contribution in [0.1, 0.15) is 22.3 Å². The summed E-state index contributed by atoms with van der Waals surface area (Å²) < 4.78 is 102. The molecule has 0 aromatic heterocycles. The van der Waals surface area contributed by atoms with Crippen molar-refractivity contribution in [1.82, 2.24) is 4.31 Å². The van der Waals surface area contributed by atoms with Gasteiger partial charge in [-0.25, -0.2) is 8.42 Å². The molecule has 0 saturated heterocycles. The fraction of sp³-hybridized carbons (Fsp3) is 0.294. The number of alkyl halides is 4. The van der Waals surface area contributed by atoms with Crippen molar-refractivity contribution in [3.8, 4) is 0 Å². The van der Waals surface area contributed by atoms with Crippen molar-refractivity contribution in [2.75, 3.05) is 6.26 Å². The van der Waals surface area contributed by atoms with Crippen LogP contribution in [0.2, 0.25) is 0 Å². The van der Waals surface area contributed by atoms with Crippen LogP contribution in [0.5, 0.6) is 0 Å². The second-order valence-corrected chi connectivity index (χ2v) is 12.4. The normalized spacial score (nSPS) is 14.0. The van der Waals surface area contributed by atoms with Crippen molar-refractivity contribution in [1.29, 1.82) is 0 Å². The zero-order valence-electron chi connectivity index (χ0n) is 16.7. The summed E-state index contributed by atoms with van der Waals surface area (Å²) in [6, 6.07) is 7.20. The Morgan fingerprint density at radius 3 is 1.21 bits per heavy atom. The molecule has 0 aliphatic heterocycles. The van der Waals surface area contributed by atoms with Crippen LogP contribution in [0.3, 0.4) is 0 Å². The molecule has 0 bridgehead atoms. The molecule has 184 valence electrons. The molecule has 0 fully saturated rings. The molecule has 2 aromatic rings. The van der Waals surface area contributed by atoms with Gasteiger partial charge in [0.15, 0.2) is 0 Å². The lowest BCUT2D eigenvalue weighted by atomic mass is 10.1. The molecule has 0 aliphatic carbocycles. The minimum Gasteiger partial charge on any atom is -0.320 e. The number of benzene rings is 2. The largest absolute Gasteiger partial charge is 0.399 e. The van der Waals surface area contributed by atoms with Gasteiger partial charge in [0.1, 0.15) is 0 Å². The van der Waals surface area contributed by atoms with E-state index in [1.807, 2.05) is 0 Å².